The number of hydrogen-bond acceptors (Lipinski definition) is 10. The van der Waals surface area contributed by atoms with Gasteiger partial charge in [0.15, 0.2) is 10.4 Å². The molecule has 4 rings (SSSR count). The molecule has 27 heavy (non-hydrogen) atoms. The highest BCUT2D eigenvalue weighted by molar-refractivity contribution is 7.11. The summed E-state index contributed by atoms with van der Waals surface area (Å²) in [7, 11) is 1.71. The Morgan fingerprint density at radius 3 is 2.78 bits per heavy atom. The fourth-order valence-corrected chi connectivity index (χ4v) is 2.97. The highest BCUT2D eigenvalue weighted by atomic mass is 32.1. The Morgan fingerprint density at radius 1 is 1.07 bits per heavy atom. The van der Waals surface area contributed by atoms with E-state index in [2.05, 4.69) is 35.5 Å². The van der Waals surface area contributed by atoms with Crippen molar-refractivity contribution in [1.82, 2.24) is 19.1 Å². The van der Waals surface area contributed by atoms with Crippen molar-refractivity contribution >= 4 is 33.4 Å². The van der Waals surface area contributed by atoms with Crippen LogP contribution in [0.3, 0.4) is 0 Å². The molecule has 0 saturated heterocycles. The molecule has 4 aromatic rings. The highest BCUT2D eigenvalue weighted by Gasteiger charge is 2.06. The first kappa shape index (κ1) is 16.7. The summed E-state index contributed by atoms with van der Waals surface area (Å²) in [5, 5.41) is 12.4. The van der Waals surface area contributed by atoms with Gasteiger partial charge in [0.1, 0.15) is 22.2 Å². The van der Waals surface area contributed by atoms with Crippen molar-refractivity contribution < 1.29 is 0 Å². The van der Waals surface area contributed by atoms with Gasteiger partial charge in [-0.2, -0.15) is 19.7 Å². The van der Waals surface area contributed by atoms with Crippen LogP contribution in [0, 0.1) is 0 Å². The van der Waals surface area contributed by atoms with E-state index in [-0.39, 0.29) is 10.7 Å². The number of pyridine rings is 1. The molecule has 0 aliphatic rings. The van der Waals surface area contributed by atoms with Gasteiger partial charge in [-0.15, -0.1) is 0 Å². The Bertz CT molecular complexity index is 1350. The number of aromatic nitrogens is 4. The lowest BCUT2D eigenvalue weighted by atomic mass is 10.3. The maximum atomic E-state index is 12.5. The first-order chi connectivity index (χ1) is 13.1. The van der Waals surface area contributed by atoms with E-state index in [1.54, 1.807) is 31.6 Å². The lowest BCUT2D eigenvalue weighted by Crippen LogP contribution is -2.48. The number of aryl methyl sites for hydroxylation is 1. The van der Waals surface area contributed by atoms with Gasteiger partial charge in [0.2, 0.25) is 10.9 Å². The van der Waals surface area contributed by atoms with Crippen LogP contribution in [-0.2, 0) is 7.05 Å². The van der Waals surface area contributed by atoms with Gasteiger partial charge in [-0.1, -0.05) is 0 Å². The molecule has 3 aromatic heterocycles. The van der Waals surface area contributed by atoms with Gasteiger partial charge in [0, 0.05) is 19.3 Å². The molecule has 0 unspecified atom stereocenters. The van der Waals surface area contributed by atoms with Gasteiger partial charge in [-0.25, -0.2) is 0 Å². The molecule has 0 aliphatic carbocycles. The van der Waals surface area contributed by atoms with Gasteiger partial charge < -0.3 is 0 Å². The van der Waals surface area contributed by atoms with Gasteiger partial charge in [-0.05, 0) is 35.8 Å². The molecule has 134 valence electrons. The maximum absolute atomic E-state index is 12.5. The number of anilines is 2. The number of benzene rings is 1. The van der Waals surface area contributed by atoms with Crippen LogP contribution in [0.25, 0.3) is 11.0 Å². The largest absolute Gasteiger partial charge is 0.287 e. The van der Waals surface area contributed by atoms with Gasteiger partial charge in [0.05, 0.1) is 6.20 Å². The fraction of sp³-hybridized carbons (Fsp3) is 0.0625. The zero-order chi connectivity index (χ0) is 18.8. The first-order valence-corrected chi connectivity index (χ1v) is 8.54. The molecule has 11 heteroatoms. The average Bonchev–Trinajstić information content (AvgIpc) is 3.27. The molecular weight excluding hydrogens is 368 g/mol. The van der Waals surface area contributed by atoms with E-state index in [1.807, 2.05) is 6.07 Å². The first-order valence-electron chi connectivity index (χ1n) is 7.76. The molecule has 3 heterocycles. The van der Waals surface area contributed by atoms with Crippen molar-refractivity contribution in [3.63, 3.8) is 0 Å². The molecule has 0 saturated carbocycles. The van der Waals surface area contributed by atoms with Crippen LogP contribution in [0.2, 0.25) is 0 Å². The minimum absolute atomic E-state index is 0.0534. The molecule has 0 bridgehead atoms. The molecule has 0 spiro atoms. The van der Waals surface area contributed by atoms with E-state index in [0.29, 0.717) is 16.3 Å². The SMILES string of the molecule is Cn1nccc1NN=c1c(=O)ccc(=NNc2snc3cccnc23)c1=O. The van der Waals surface area contributed by atoms with E-state index >= 15 is 0 Å². The van der Waals surface area contributed by atoms with Crippen LogP contribution >= 0.6 is 11.5 Å². The Morgan fingerprint density at radius 2 is 1.96 bits per heavy atom. The summed E-state index contributed by atoms with van der Waals surface area (Å²) < 4.78 is 5.77. The van der Waals surface area contributed by atoms with E-state index in [9.17, 15) is 9.59 Å². The summed E-state index contributed by atoms with van der Waals surface area (Å²) >= 11 is 1.18. The topological polar surface area (TPSA) is 127 Å². The molecule has 0 aliphatic heterocycles. The van der Waals surface area contributed by atoms with E-state index in [0.717, 1.165) is 5.52 Å². The van der Waals surface area contributed by atoms with Crippen LogP contribution in [-0.4, -0.2) is 19.1 Å². The quantitative estimate of drug-likeness (QED) is 0.473. The number of nitrogens with one attached hydrogen (secondary N) is 2. The van der Waals surface area contributed by atoms with Crippen LogP contribution in [0.1, 0.15) is 0 Å². The van der Waals surface area contributed by atoms with Crippen molar-refractivity contribution in [2.75, 3.05) is 10.9 Å². The van der Waals surface area contributed by atoms with Crippen molar-refractivity contribution in [3.8, 4) is 0 Å². The van der Waals surface area contributed by atoms with Crippen LogP contribution < -0.4 is 32.4 Å². The zero-order valence-corrected chi connectivity index (χ0v) is 14.8. The van der Waals surface area contributed by atoms with E-state index in [4.69, 9.17) is 0 Å². The average molecular weight is 380 g/mol. The Hall–Kier alpha value is -3.73. The summed E-state index contributed by atoms with van der Waals surface area (Å²) in [6, 6.07) is 7.87. The molecular formula is C16H12N8O2S. The second-order valence-corrected chi connectivity index (χ2v) is 6.20. The molecule has 10 nitrogen and oxygen atoms in total. The van der Waals surface area contributed by atoms with Crippen molar-refractivity contribution in [1.29, 1.82) is 0 Å². The molecule has 0 atom stereocenters. The molecule has 0 amide bonds. The minimum atomic E-state index is -0.591. The standard InChI is InChI=1S/C16H12N8O2S/c1-24-12(6-8-18-24)20-21-14-11(25)5-4-10(15(14)26)19-22-16-13-9(23-27-16)3-2-7-17-13/h2-8,20,22H,1H3. The van der Waals surface area contributed by atoms with Gasteiger partial charge in [-0.3, -0.25) is 30.1 Å². The predicted octanol–water partition coefficient (Wildman–Crippen LogP) is -0.124. The van der Waals surface area contributed by atoms with E-state index in [1.165, 1.54) is 28.3 Å². The summed E-state index contributed by atoms with van der Waals surface area (Å²) in [5.74, 6) is 0.538. The summed E-state index contributed by atoms with van der Waals surface area (Å²) in [4.78, 5) is 28.8. The second-order valence-electron chi connectivity index (χ2n) is 5.43. The zero-order valence-electron chi connectivity index (χ0n) is 13.9. The smallest absolute Gasteiger partial charge is 0.237 e. The van der Waals surface area contributed by atoms with Gasteiger partial charge in [0.25, 0.3) is 0 Å². The summed E-state index contributed by atoms with van der Waals surface area (Å²) in [6.07, 6.45) is 3.21. The van der Waals surface area contributed by atoms with Crippen LogP contribution in [0.15, 0.2) is 62.5 Å². The lowest BCUT2D eigenvalue weighted by Gasteiger charge is -1.98. The highest BCUT2D eigenvalue weighted by Crippen LogP contribution is 2.24. The van der Waals surface area contributed by atoms with Gasteiger partial charge >= 0.3 is 0 Å². The predicted molar refractivity (Wildman–Crippen MR) is 100 cm³/mol. The van der Waals surface area contributed by atoms with Crippen molar-refractivity contribution in [3.05, 3.63) is 73.9 Å². The molecule has 1 aromatic carbocycles. The van der Waals surface area contributed by atoms with Crippen molar-refractivity contribution in [2.24, 2.45) is 17.3 Å². The molecule has 0 radical (unpaired) electrons. The maximum Gasteiger partial charge on any atom is 0.237 e. The Labute approximate surface area is 155 Å². The normalized spacial score (nSPS) is 12.6. The third-order valence-electron chi connectivity index (χ3n) is 3.69. The van der Waals surface area contributed by atoms with Crippen LogP contribution in [0.5, 0.6) is 0 Å². The van der Waals surface area contributed by atoms with Crippen LogP contribution in [0.4, 0.5) is 10.8 Å². The summed E-state index contributed by atoms with van der Waals surface area (Å²) in [5.41, 5.74) is 5.74. The third-order valence-corrected chi connectivity index (χ3v) is 4.45. The molecule has 2 N–H and O–H groups in total. The minimum Gasteiger partial charge on any atom is -0.287 e. The Balaban J connectivity index is 1.72. The third kappa shape index (κ3) is 3.22. The summed E-state index contributed by atoms with van der Waals surface area (Å²) in [6.45, 7) is 0. The van der Waals surface area contributed by atoms with Crippen molar-refractivity contribution in [2.45, 2.75) is 0 Å². The monoisotopic (exact) mass is 380 g/mol. The number of nitrogens with zero attached hydrogens (tertiary/aromatic N) is 6. The number of hydrogen-bond donors (Lipinski definition) is 2. The number of fused-ring (bicyclic) bond motifs is 1. The fourth-order valence-electron chi connectivity index (χ4n) is 2.30. The number of rotatable bonds is 4. The second kappa shape index (κ2) is 6.88. The Kier molecular flexibility index (Phi) is 4.26. The van der Waals surface area contributed by atoms with E-state index < -0.39 is 10.9 Å². The lowest BCUT2D eigenvalue weighted by molar-refractivity contribution is 0.770. The molecule has 0 fully saturated rings.